The van der Waals surface area contributed by atoms with Gasteiger partial charge in [-0.1, -0.05) is 24.3 Å². The normalized spacial score (nSPS) is 11.4. The Morgan fingerprint density at radius 2 is 2.00 bits per heavy atom. The van der Waals surface area contributed by atoms with Crippen LogP contribution in [0.25, 0.3) is 16.3 Å². The van der Waals surface area contributed by atoms with Crippen LogP contribution in [-0.2, 0) is 14.3 Å². The van der Waals surface area contributed by atoms with E-state index in [1.54, 1.807) is 24.3 Å². The molecule has 0 fully saturated rings. The van der Waals surface area contributed by atoms with E-state index in [1.807, 2.05) is 12.1 Å². The number of hydrogen-bond acceptors (Lipinski definition) is 4. The Morgan fingerprint density at radius 3 is 2.68 bits per heavy atom. The quantitative estimate of drug-likeness (QED) is 0.522. The summed E-state index contributed by atoms with van der Waals surface area (Å²) in [5.41, 5.74) is 0.961. The van der Waals surface area contributed by atoms with Gasteiger partial charge in [0.15, 0.2) is 0 Å². The first-order valence-corrected chi connectivity index (χ1v) is 5.70. The van der Waals surface area contributed by atoms with Crippen LogP contribution in [0.3, 0.4) is 0 Å². The van der Waals surface area contributed by atoms with Crippen molar-refractivity contribution in [3.63, 3.8) is 0 Å². The highest BCUT2D eigenvalue weighted by atomic mass is 16.5. The van der Waals surface area contributed by atoms with E-state index < -0.39 is 5.97 Å². The maximum absolute atomic E-state index is 11.8. The zero-order valence-electron chi connectivity index (χ0n) is 10.7. The molecule has 0 radical (unpaired) electrons. The van der Waals surface area contributed by atoms with E-state index in [0.29, 0.717) is 11.1 Å². The second-order valence-electron chi connectivity index (χ2n) is 3.97. The van der Waals surface area contributed by atoms with Gasteiger partial charge >= 0.3 is 5.97 Å². The van der Waals surface area contributed by atoms with Gasteiger partial charge in [-0.3, -0.25) is 0 Å². The van der Waals surface area contributed by atoms with Crippen molar-refractivity contribution < 1.29 is 19.4 Å². The number of phenolic OH excluding ortho intramolecular Hbond substituents is 1. The minimum atomic E-state index is -0.488. The molecule has 4 heteroatoms. The summed E-state index contributed by atoms with van der Waals surface area (Å²) in [6, 6.07) is 10.5. The molecule has 1 N–H and O–H groups in total. The third kappa shape index (κ3) is 2.52. The van der Waals surface area contributed by atoms with Crippen molar-refractivity contribution in [3.05, 3.63) is 48.2 Å². The lowest BCUT2D eigenvalue weighted by Crippen LogP contribution is -2.05. The monoisotopic (exact) mass is 258 g/mol. The first-order valence-electron chi connectivity index (χ1n) is 5.70. The average molecular weight is 258 g/mol. The smallest absolute Gasteiger partial charge is 0.341 e. The molecule has 0 saturated carbocycles. The fraction of sp³-hybridized carbons (Fsp3) is 0.133. The lowest BCUT2D eigenvalue weighted by Gasteiger charge is -2.09. The molecule has 0 aliphatic rings. The summed E-state index contributed by atoms with van der Waals surface area (Å²) in [7, 11) is 2.78. The number of fused-ring (bicyclic) bond motifs is 1. The van der Waals surface area contributed by atoms with Gasteiger partial charge in [0.1, 0.15) is 11.3 Å². The second kappa shape index (κ2) is 5.44. The van der Waals surface area contributed by atoms with E-state index in [1.165, 1.54) is 20.5 Å². The van der Waals surface area contributed by atoms with Crippen LogP contribution in [-0.4, -0.2) is 25.3 Å². The molecule has 19 heavy (non-hydrogen) atoms. The van der Waals surface area contributed by atoms with Crippen molar-refractivity contribution >= 4 is 22.3 Å². The predicted octanol–water partition coefficient (Wildman–Crippen LogP) is 2.71. The maximum atomic E-state index is 11.8. The van der Waals surface area contributed by atoms with Crippen molar-refractivity contribution in [3.8, 4) is 5.75 Å². The number of esters is 1. The van der Waals surface area contributed by atoms with Crippen LogP contribution in [0.1, 0.15) is 5.56 Å². The minimum Gasteiger partial charge on any atom is -0.508 e. The van der Waals surface area contributed by atoms with E-state index >= 15 is 0 Å². The largest absolute Gasteiger partial charge is 0.508 e. The first kappa shape index (κ1) is 13.0. The van der Waals surface area contributed by atoms with Crippen molar-refractivity contribution in [2.24, 2.45) is 0 Å². The highest BCUT2D eigenvalue weighted by Gasteiger charge is 2.15. The van der Waals surface area contributed by atoms with Gasteiger partial charge in [0.25, 0.3) is 0 Å². The Kier molecular flexibility index (Phi) is 3.71. The molecule has 2 aromatic rings. The average Bonchev–Trinajstić information content (AvgIpc) is 2.43. The van der Waals surface area contributed by atoms with Gasteiger partial charge in [0.05, 0.1) is 20.5 Å². The standard InChI is InChI=1S/C15H14O4/c1-18-9-14(15(17)19-2)12-5-3-4-10-6-7-11(16)8-13(10)12/h3-9,16H,1-2H3. The zero-order chi connectivity index (χ0) is 13.8. The number of methoxy groups -OCH3 is 2. The van der Waals surface area contributed by atoms with Gasteiger partial charge in [0.2, 0.25) is 0 Å². The molecular formula is C15H14O4. The van der Waals surface area contributed by atoms with Gasteiger partial charge in [0, 0.05) is 5.56 Å². The summed E-state index contributed by atoms with van der Waals surface area (Å²) in [4.78, 5) is 11.8. The highest BCUT2D eigenvalue weighted by molar-refractivity contribution is 6.20. The number of ether oxygens (including phenoxy) is 2. The molecule has 0 atom stereocenters. The Balaban J connectivity index is 2.69. The Hall–Kier alpha value is -2.49. The predicted molar refractivity (Wildman–Crippen MR) is 72.6 cm³/mol. The van der Waals surface area contributed by atoms with Crippen LogP contribution in [0, 0.1) is 0 Å². The SMILES string of the molecule is COC=C(C(=O)OC)c1cccc2ccc(O)cc12. The molecule has 0 amide bonds. The number of hydrogen-bond donors (Lipinski definition) is 1. The second-order valence-corrected chi connectivity index (χ2v) is 3.97. The van der Waals surface area contributed by atoms with Crippen molar-refractivity contribution in [1.29, 1.82) is 0 Å². The number of rotatable bonds is 3. The summed E-state index contributed by atoms with van der Waals surface area (Å²) < 4.78 is 9.68. The molecule has 0 unspecified atom stereocenters. The van der Waals surface area contributed by atoms with Crippen molar-refractivity contribution in [2.75, 3.05) is 14.2 Å². The van der Waals surface area contributed by atoms with Crippen LogP contribution in [0.5, 0.6) is 5.75 Å². The fourth-order valence-electron chi connectivity index (χ4n) is 1.94. The van der Waals surface area contributed by atoms with E-state index in [9.17, 15) is 9.90 Å². The molecule has 4 nitrogen and oxygen atoms in total. The topological polar surface area (TPSA) is 55.8 Å². The third-order valence-electron chi connectivity index (χ3n) is 2.80. The van der Waals surface area contributed by atoms with Gasteiger partial charge in [-0.05, 0) is 22.9 Å². The lowest BCUT2D eigenvalue weighted by molar-refractivity contribution is -0.133. The molecule has 0 heterocycles. The van der Waals surface area contributed by atoms with Gasteiger partial charge in [-0.25, -0.2) is 4.79 Å². The molecule has 2 aromatic carbocycles. The molecule has 0 spiro atoms. The summed E-state index contributed by atoms with van der Waals surface area (Å²) in [5, 5.41) is 11.3. The minimum absolute atomic E-state index is 0.140. The van der Waals surface area contributed by atoms with Crippen molar-refractivity contribution in [2.45, 2.75) is 0 Å². The summed E-state index contributed by atoms with van der Waals surface area (Å²) >= 11 is 0. The number of carbonyl (C=O) groups is 1. The third-order valence-corrected chi connectivity index (χ3v) is 2.80. The van der Waals surface area contributed by atoms with Crippen LogP contribution >= 0.6 is 0 Å². The lowest BCUT2D eigenvalue weighted by atomic mass is 9.99. The Bertz CT molecular complexity index is 644. The Morgan fingerprint density at radius 1 is 1.21 bits per heavy atom. The van der Waals surface area contributed by atoms with E-state index in [0.717, 1.165) is 10.8 Å². The molecule has 0 aromatic heterocycles. The molecule has 98 valence electrons. The number of phenols is 1. The summed E-state index contributed by atoms with van der Waals surface area (Å²) in [5.74, 6) is -0.348. The number of benzene rings is 2. The summed E-state index contributed by atoms with van der Waals surface area (Å²) in [6.07, 6.45) is 1.34. The molecule has 0 aliphatic carbocycles. The number of carbonyl (C=O) groups excluding carboxylic acids is 1. The van der Waals surface area contributed by atoms with E-state index in [4.69, 9.17) is 9.47 Å². The van der Waals surface area contributed by atoms with Crippen molar-refractivity contribution in [1.82, 2.24) is 0 Å². The fourth-order valence-corrected chi connectivity index (χ4v) is 1.94. The van der Waals surface area contributed by atoms with Crippen LogP contribution in [0.2, 0.25) is 0 Å². The van der Waals surface area contributed by atoms with Gasteiger partial charge in [-0.2, -0.15) is 0 Å². The van der Waals surface area contributed by atoms with Crippen LogP contribution in [0.4, 0.5) is 0 Å². The summed E-state index contributed by atoms with van der Waals surface area (Å²) in [6.45, 7) is 0. The zero-order valence-corrected chi connectivity index (χ0v) is 10.7. The molecule has 0 aliphatic heterocycles. The van der Waals surface area contributed by atoms with Gasteiger partial charge in [-0.15, -0.1) is 0 Å². The Labute approximate surface area is 110 Å². The van der Waals surface area contributed by atoms with Crippen LogP contribution in [0.15, 0.2) is 42.7 Å². The van der Waals surface area contributed by atoms with Crippen LogP contribution < -0.4 is 0 Å². The van der Waals surface area contributed by atoms with E-state index in [2.05, 4.69) is 0 Å². The van der Waals surface area contributed by atoms with Gasteiger partial charge < -0.3 is 14.6 Å². The molecule has 0 saturated heterocycles. The molecule has 0 bridgehead atoms. The number of aromatic hydroxyl groups is 1. The maximum Gasteiger partial charge on any atom is 0.341 e. The molecule has 2 rings (SSSR count). The molecular weight excluding hydrogens is 244 g/mol. The highest BCUT2D eigenvalue weighted by Crippen LogP contribution is 2.28. The van der Waals surface area contributed by atoms with E-state index in [-0.39, 0.29) is 5.75 Å². The first-order chi connectivity index (χ1) is 9.17.